The quantitative estimate of drug-likeness (QED) is 0.522. The zero-order chi connectivity index (χ0) is 25.5. The van der Waals surface area contributed by atoms with Crippen LogP contribution in [-0.2, 0) is 32.2 Å². The van der Waals surface area contributed by atoms with Crippen molar-refractivity contribution < 1.29 is 24.2 Å². The molecule has 36 heavy (non-hydrogen) atoms. The first-order valence-corrected chi connectivity index (χ1v) is 12.6. The van der Waals surface area contributed by atoms with E-state index in [0.717, 1.165) is 11.1 Å². The lowest BCUT2D eigenvalue weighted by Gasteiger charge is -2.35. The van der Waals surface area contributed by atoms with Crippen LogP contribution in [0.15, 0.2) is 60.7 Å². The van der Waals surface area contributed by atoms with Crippen LogP contribution in [0.25, 0.3) is 0 Å². The zero-order valence-corrected chi connectivity index (χ0v) is 20.6. The number of hydrogen-bond donors (Lipinski definition) is 3. The largest absolute Gasteiger partial charge is 0.394 e. The van der Waals surface area contributed by atoms with Gasteiger partial charge in [-0.25, -0.2) is 0 Å². The molecule has 6 atom stereocenters. The average Bonchev–Trinajstić information content (AvgIpc) is 3.47. The van der Waals surface area contributed by atoms with Crippen LogP contribution >= 0.6 is 0 Å². The molecule has 0 aromatic heterocycles. The van der Waals surface area contributed by atoms with Gasteiger partial charge in [-0.3, -0.25) is 14.4 Å². The van der Waals surface area contributed by atoms with Crippen molar-refractivity contribution in [1.82, 2.24) is 15.5 Å². The van der Waals surface area contributed by atoms with Crippen molar-refractivity contribution in [2.24, 2.45) is 11.8 Å². The van der Waals surface area contributed by atoms with E-state index >= 15 is 0 Å². The Morgan fingerprint density at radius 2 is 1.56 bits per heavy atom. The number of likely N-dealkylation sites (tertiary alicyclic amines) is 1. The standard InChI is InChI=1S/C28H33N3O5/c1-18(17-32)31-23(25(34)30-16-20-11-7-4-8-12-20)28-14-13-27(2,36-28)21(22(28)26(31)35)24(33)29-15-19-9-5-3-6-10-19/h3-12,18,21-23,32H,13-17H2,1-2H3,(H,29,33)(H,30,34)/t18-,21+,22+,23?,27-,28?/m1/s1. The molecule has 2 aromatic rings. The Balaban J connectivity index is 1.43. The Kier molecular flexibility index (Phi) is 6.34. The Hall–Kier alpha value is -3.23. The summed E-state index contributed by atoms with van der Waals surface area (Å²) in [5, 5.41) is 15.9. The van der Waals surface area contributed by atoms with Gasteiger partial charge in [0.05, 0.1) is 30.1 Å². The molecule has 2 aromatic carbocycles. The number of aliphatic hydroxyl groups is 1. The smallest absolute Gasteiger partial charge is 0.246 e. The van der Waals surface area contributed by atoms with E-state index < -0.39 is 35.1 Å². The summed E-state index contributed by atoms with van der Waals surface area (Å²) in [5.74, 6) is -2.39. The molecule has 5 rings (SSSR count). The molecule has 8 nitrogen and oxygen atoms in total. The second-order valence-corrected chi connectivity index (χ2v) is 10.4. The lowest BCUT2D eigenvalue weighted by molar-refractivity contribution is -0.149. The predicted molar refractivity (Wildman–Crippen MR) is 132 cm³/mol. The number of carbonyl (C=O) groups is 3. The molecule has 3 N–H and O–H groups in total. The van der Waals surface area contributed by atoms with Gasteiger partial charge in [0, 0.05) is 13.1 Å². The molecule has 190 valence electrons. The highest BCUT2D eigenvalue weighted by molar-refractivity contribution is 5.99. The number of rotatable bonds is 8. The lowest BCUT2D eigenvalue weighted by Crippen LogP contribution is -2.57. The number of carbonyl (C=O) groups excluding carboxylic acids is 3. The van der Waals surface area contributed by atoms with Crippen molar-refractivity contribution in [3.63, 3.8) is 0 Å². The van der Waals surface area contributed by atoms with Gasteiger partial charge < -0.3 is 25.4 Å². The molecule has 0 aliphatic carbocycles. The summed E-state index contributed by atoms with van der Waals surface area (Å²) in [7, 11) is 0. The van der Waals surface area contributed by atoms with E-state index in [-0.39, 0.29) is 24.3 Å². The fourth-order valence-electron chi connectivity index (χ4n) is 6.40. The number of benzene rings is 2. The summed E-state index contributed by atoms with van der Waals surface area (Å²) in [6, 6.07) is 17.6. The van der Waals surface area contributed by atoms with Crippen LogP contribution < -0.4 is 10.6 Å². The van der Waals surface area contributed by atoms with Gasteiger partial charge >= 0.3 is 0 Å². The minimum Gasteiger partial charge on any atom is -0.394 e. The lowest BCUT2D eigenvalue weighted by atomic mass is 9.66. The Bertz CT molecular complexity index is 1140. The highest BCUT2D eigenvalue weighted by Crippen LogP contribution is 2.63. The molecule has 1 spiro atoms. The van der Waals surface area contributed by atoms with Gasteiger partial charge in [-0.15, -0.1) is 0 Å². The van der Waals surface area contributed by atoms with Crippen molar-refractivity contribution in [3.05, 3.63) is 71.8 Å². The van der Waals surface area contributed by atoms with Crippen LogP contribution in [0.1, 0.15) is 37.8 Å². The molecule has 2 unspecified atom stereocenters. The number of hydrogen-bond acceptors (Lipinski definition) is 5. The maximum atomic E-state index is 13.9. The molecule has 3 amide bonds. The zero-order valence-electron chi connectivity index (χ0n) is 20.6. The van der Waals surface area contributed by atoms with Crippen molar-refractivity contribution >= 4 is 17.7 Å². The second kappa shape index (κ2) is 9.33. The Morgan fingerprint density at radius 3 is 2.11 bits per heavy atom. The molecular formula is C28H33N3O5. The Labute approximate surface area is 211 Å². The molecule has 0 radical (unpaired) electrons. The minimum absolute atomic E-state index is 0.247. The topological polar surface area (TPSA) is 108 Å². The van der Waals surface area contributed by atoms with Crippen molar-refractivity contribution in [2.75, 3.05) is 6.61 Å². The third-order valence-electron chi connectivity index (χ3n) is 8.10. The van der Waals surface area contributed by atoms with Crippen LogP contribution in [0.2, 0.25) is 0 Å². The van der Waals surface area contributed by atoms with E-state index in [4.69, 9.17) is 4.74 Å². The van der Waals surface area contributed by atoms with E-state index in [9.17, 15) is 19.5 Å². The van der Waals surface area contributed by atoms with E-state index in [2.05, 4.69) is 10.6 Å². The van der Waals surface area contributed by atoms with E-state index in [1.165, 1.54) is 4.90 Å². The Morgan fingerprint density at radius 1 is 1.00 bits per heavy atom. The molecule has 3 aliphatic rings. The third-order valence-corrected chi connectivity index (χ3v) is 8.10. The molecule has 3 aliphatic heterocycles. The van der Waals surface area contributed by atoms with Gasteiger partial charge in [0.15, 0.2) is 0 Å². The predicted octanol–water partition coefficient (Wildman–Crippen LogP) is 1.76. The molecule has 2 bridgehead atoms. The summed E-state index contributed by atoms with van der Waals surface area (Å²) < 4.78 is 6.57. The number of nitrogens with one attached hydrogen (secondary N) is 2. The van der Waals surface area contributed by atoms with Gasteiger partial charge in [-0.1, -0.05) is 60.7 Å². The van der Waals surface area contributed by atoms with Gasteiger partial charge in [0.25, 0.3) is 0 Å². The van der Waals surface area contributed by atoms with Crippen molar-refractivity contribution in [1.29, 1.82) is 0 Å². The average molecular weight is 492 g/mol. The van der Waals surface area contributed by atoms with Gasteiger partial charge in [-0.2, -0.15) is 0 Å². The first kappa shape index (κ1) is 24.5. The summed E-state index contributed by atoms with van der Waals surface area (Å²) in [5.41, 5.74) is -0.0488. The van der Waals surface area contributed by atoms with E-state index in [1.807, 2.05) is 67.6 Å². The van der Waals surface area contributed by atoms with Crippen LogP contribution in [0.5, 0.6) is 0 Å². The first-order chi connectivity index (χ1) is 17.3. The maximum Gasteiger partial charge on any atom is 0.246 e. The molecule has 8 heteroatoms. The molecular weight excluding hydrogens is 458 g/mol. The van der Waals surface area contributed by atoms with Crippen LogP contribution in [-0.4, -0.2) is 57.6 Å². The molecule has 3 saturated heterocycles. The normalized spacial score (nSPS) is 31.2. The van der Waals surface area contributed by atoms with E-state index in [1.54, 1.807) is 6.92 Å². The highest BCUT2D eigenvalue weighted by atomic mass is 16.5. The van der Waals surface area contributed by atoms with Gasteiger partial charge in [0.1, 0.15) is 11.6 Å². The maximum absolute atomic E-state index is 13.9. The van der Waals surface area contributed by atoms with Crippen molar-refractivity contribution in [2.45, 2.75) is 63.1 Å². The number of aliphatic hydroxyl groups excluding tert-OH is 1. The monoisotopic (exact) mass is 491 g/mol. The van der Waals surface area contributed by atoms with Crippen LogP contribution in [0.3, 0.4) is 0 Å². The van der Waals surface area contributed by atoms with Crippen LogP contribution in [0.4, 0.5) is 0 Å². The fourth-order valence-corrected chi connectivity index (χ4v) is 6.40. The van der Waals surface area contributed by atoms with Gasteiger partial charge in [-0.05, 0) is 37.8 Å². The minimum atomic E-state index is -1.11. The van der Waals surface area contributed by atoms with Gasteiger partial charge in [0.2, 0.25) is 17.7 Å². The molecule has 3 heterocycles. The highest BCUT2D eigenvalue weighted by Gasteiger charge is 2.78. The van der Waals surface area contributed by atoms with E-state index in [0.29, 0.717) is 25.9 Å². The number of ether oxygens (including phenoxy) is 1. The van der Waals surface area contributed by atoms with Crippen molar-refractivity contribution in [3.8, 4) is 0 Å². The first-order valence-electron chi connectivity index (χ1n) is 12.6. The SMILES string of the molecule is C[C@H](CO)N1C(=O)[C@@H]2[C@@H](C(=O)NCc3ccccc3)[C@@]3(C)CCC2(O3)C1C(=O)NCc1ccccc1. The number of amides is 3. The number of nitrogens with zero attached hydrogens (tertiary/aromatic N) is 1. The fraction of sp³-hybridized carbons (Fsp3) is 0.464. The summed E-state index contributed by atoms with van der Waals surface area (Å²) in [6.07, 6.45) is 1.07. The molecule has 0 saturated carbocycles. The summed E-state index contributed by atoms with van der Waals surface area (Å²) in [4.78, 5) is 42.5. The second-order valence-electron chi connectivity index (χ2n) is 10.4. The summed E-state index contributed by atoms with van der Waals surface area (Å²) in [6.45, 7) is 3.95. The van der Waals surface area contributed by atoms with Crippen LogP contribution in [0, 0.1) is 11.8 Å². The summed E-state index contributed by atoms with van der Waals surface area (Å²) >= 11 is 0. The number of fused-ring (bicyclic) bond motifs is 1. The molecule has 3 fully saturated rings. The third kappa shape index (κ3) is 3.89.